The molecule has 0 amide bonds. The van der Waals surface area contributed by atoms with E-state index in [0.717, 1.165) is 35.6 Å². The molecule has 0 atom stereocenters. The third-order valence-corrected chi connectivity index (χ3v) is 2.75. The highest BCUT2D eigenvalue weighted by Gasteiger charge is 2.03. The molecular weight excluding hydrogens is 202 g/mol. The first-order valence-corrected chi connectivity index (χ1v) is 5.53. The molecule has 84 valence electrons. The number of nitrogens with one attached hydrogen (secondary N) is 1. The van der Waals surface area contributed by atoms with Crippen LogP contribution in [0.25, 0.3) is 10.8 Å². The van der Waals surface area contributed by atoms with Crippen LogP contribution in [0.3, 0.4) is 0 Å². The molecule has 0 aliphatic carbocycles. The minimum Gasteiger partial charge on any atom is -0.396 e. The number of pyridine rings is 1. The summed E-state index contributed by atoms with van der Waals surface area (Å²) in [4.78, 5) is 14.3. The van der Waals surface area contributed by atoms with Crippen LogP contribution in [0.15, 0.2) is 35.3 Å². The molecule has 0 spiro atoms. The lowest BCUT2D eigenvalue weighted by Crippen LogP contribution is -2.07. The predicted molar refractivity (Wildman–Crippen MR) is 64.6 cm³/mol. The van der Waals surface area contributed by atoms with Crippen molar-refractivity contribution in [1.82, 2.24) is 4.98 Å². The average Bonchev–Trinajstić information content (AvgIpc) is 2.33. The van der Waals surface area contributed by atoms with E-state index in [1.807, 2.05) is 24.3 Å². The van der Waals surface area contributed by atoms with Crippen LogP contribution >= 0.6 is 0 Å². The number of aliphatic hydroxyl groups excluding tert-OH is 1. The molecule has 3 heteroatoms. The molecule has 0 bridgehead atoms. The zero-order chi connectivity index (χ0) is 11.4. The minimum atomic E-state index is -0.0403. The summed E-state index contributed by atoms with van der Waals surface area (Å²) < 4.78 is 0. The molecule has 2 aromatic rings. The van der Waals surface area contributed by atoms with Gasteiger partial charge in [0, 0.05) is 18.2 Å². The van der Waals surface area contributed by atoms with Crippen LogP contribution in [-0.4, -0.2) is 16.7 Å². The second kappa shape index (κ2) is 4.94. The standard InChI is InChI=1S/C13H15NO2/c15-8-4-3-5-10-9-14-13(16)12-7-2-1-6-11(10)12/h1-2,6-7,9,15H,3-5,8H2,(H,14,16). The third-order valence-electron chi connectivity index (χ3n) is 2.75. The molecule has 3 nitrogen and oxygen atoms in total. The normalized spacial score (nSPS) is 10.8. The van der Waals surface area contributed by atoms with Crippen LogP contribution in [0, 0.1) is 0 Å². The Labute approximate surface area is 93.7 Å². The number of aryl methyl sites for hydroxylation is 1. The summed E-state index contributed by atoms with van der Waals surface area (Å²) in [6, 6.07) is 7.62. The molecule has 0 aliphatic heterocycles. The molecule has 0 radical (unpaired) electrons. The smallest absolute Gasteiger partial charge is 0.255 e. The molecule has 0 aliphatic rings. The molecule has 0 saturated carbocycles. The molecule has 1 aromatic carbocycles. The number of aliphatic hydroxyl groups is 1. The number of benzene rings is 1. The van der Waals surface area contributed by atoms with Gasteiger partial charge in [-0.25, -0.2) is 0 Å². The lowest BCUT2D eigenvalue weighted by atomic mass is 10.0. The van der Waals surface area contributed by atoms with Crippen molar-refractivity contribution in [2.24, 2.45) is 0 Å². The van der Waals surface area contributed by atoms with Crippen LogP contribution in [0.4, 0.5) is 0 Å². The Balaban J connectivity index is 2.38. The van der Waals surface area contributed by atoms with E-state index in [0.29, 0.717) is 0 Å². The van der Waals surface area contributed by atoms with Crippen LogP contribution in [0.5, 0.6) is 0 Å². The minimum absolute atomic E-state index is 0.0403. The van der Waals surface area contributed by atoms with Gasteiger partial charge in [-0.3, -0.25) is 4.79 Å². The van der Waals surface area contributed by atoms with Gasteiger partial charge in [-0.2, -0.15) is 0 Å². The highest BCUT2D eigenvalue weighted by molar-refractivity contribution is 5.84. The summed E-state index contributed by atoms with van der Waals surface area (Å²) in [7, 11) is 0. The predicted octanol–water partition coefficient (Wildman–Crippen LogP) is 1.84. The van der Waals surface area contributed by atoms with Crippen LogP contribution in [0.1, 0.15) is 18.4 Å². The van der Waals surface area contributed by atoms with E-state index in [4.69, 9.17) is 5.11 Å². The molecule has 0 saturated heterocycles. The number of aromatic amines is 1. The number of aromatic nitrogens is 1. The number of hydrogen-bond donors (Lipinski definition) is 2. The van der Waals surface area contributed by atoms with Gasteiger partial charge in [0.1, 0.15) is 0 Å². The summed E-state index contributed by atoms with van der Waals surface area (Å²) in [6.45, 7) is 0.223. The Bertz CT molecular complexity index is 531. The fraction of sp³-hybridized carbons (Fsp3) is 0.308. The Morgan fingerprint density at radius 1 is 1.12 bits per heavy atom. The topological polar surface area (TPSA) is 53.1 Å². The van der Waals surface area contributed by atoms with Crippen molar-refractivity contribution in [3.05, 3.63) is 46.4 Å². The lowest BCUT2D eigenvalue weighted by Gasteiger charge is -2.05. The van der Waals surface area contributed by atoms with Crippen LogP contribution < -0.4 is 5.56 Å². The average molecular weight is 217 g/mol. The zero-order valence-corrected chi connectivity index (χ0v) is 9.07. The van der Waals surface area contributed by atoms with Gasteiger partial charge in [-0.1, -0.05) is 18.2 Å². The lowest BCUT2D eigenvalue weighted by molar-refractivity contribution is 0.284. The molecule has 0 fully saturated rings. The van der Waals surface area contributed by atoms with Crippen molar-refractivity contribution in [3.63, 3.8) is 0 Å². The molecule has 2 rings (SSSR count). The van der Waals surface area contributed by atoms with Gasteiger partial charge in [0.25, 0.3) is 5.56 Å². The van der Waals surface area contributed by atoms with Crippen molar-refractivity contribution in [1.29, 1.82) is 0 Å². The summed E-state index contributed by atoms with van der Waals surface area (Å²) in [5, 5.41) is 10.5. The summed E-state index contributed by atoms with van der Waals surface area (Å²) in [5.41, 5.74) is 1.10. The molecule has 16 heavy (non-hydrogen) atoms. The number of H-pyrrole nitrogens is 1. The van der Waals surface area contributed by atoms with Crippen molar-refractivity contribution < 1.29 is 5.11 Å². The van der Waals surface area contributed by atoms with Gasteiger partial charge in [0.05, 0.1) is 0 Å². The molecular formula is C13H15NO2. The molecule has 1 aromatic heterocycles. The maximum Gasteiger partial charge on any atom is 0.255 e. The number of rotatable bonds is 4. The monoisotopic (exact) mass is 217 g/mol. The molecule has 1 heterocycles. The van der Waals surface area contributed by atoms with E-state index in [-0.39, 0.29) is 12.2 Å². The van der Waals surface area contributed by atoms with Gasteiger partial charge < -0.3 is 10.1 Å². The van der Waals surface area contributed by atoms with E-state index in [1.165, 1.54) is 0 Å². The van der Waals surface area contributed by atoms with Gasteiger partial charge in [0.15, 0.2) is 0 Å². The Hall–Kier alpha value is -1.61. The first kappa shape index (κ1) is 10.9. The van der Waals surface area contributed by atoms with E-state index in [2.05, 4.69) is 4.98 Å². The SMILES string of the molecule is O=c1[nH]cc(CCCCO)c2ccccc12. The number of unbranched alkanes of at least 4 members (excludes halogenated alkanes) is 1. The molecule has 0 unspecified atom stereocenters. The van der Waals surface area contributed by atoms with E-state index in [9.17, 15) is 4.79 Å². The summed E-state index contributed by atoms with van der Waals surface area (Å²) in [6.07, 6.45) is 4.40. The van der Waals surface area contributed by atoms with Crippen LogP contribution in [-0.2, 0) is 6.42 Å². The maximum atomic E-state index is 11.6. The van der Waals surface area contributed by atoms with Gasteiger partial charge >= 0.3 is 0 Å². The molecule has 2 N–H and O–H groups in total. The van der Waals surface area contributed by atoms with E-state index in [1.54, 1.807) is 6.20 Å². The third kappa shape index (κ3) is 2.14. The highest BCUT2D eigenvalue weighted by atomic mass is 16.2. The fourth-order valence-electron chi connectivity index (χ4n) is 1.90. The zero-order valence-electron chi connectivity index (χ0n) is 9.07. The first-order valence-electron chi connectivity index (χ1n) is 5.53. The fourth-order valence-corrected chi connectivity index (χ4v) is 1.90. The van der Waals surface area contributed by atoms with Gasteiger partial charge in [0.2, 0.25) is 0 Å². The Kier molecular flexibility index (Phi) is 3.37. The number of fused-ring (bicyclic) bond motifs is 1. The van der Waals surface area contributed by atoms with E-state index < -0.39 is 0 Å². The first-order chi connectivity index (χ1) is 7.83. The number of hydrogen-bond acceptors (Lipinski definition) is 2. The van der Waals surface area contributed by atoms with Gasteiger partial charge in [-0.15, -0.1) is 0 Å². The van der Waals surface area contributed by atoms with E-state index >= 15 is 0 Å². The van der Waals surface area contributed by atoms with Crippen molar-refractivity contribution in [3.8, 4) is 0 Å². The largest absolute Gasteiger partial charge is 0.396 e. The summed E-state index contributed by atoms with van der Waals surface area (Å²) in [5.74, 6) is 0. The second-order valence-electron chi connectivity index (χ2n) is 3.87. The van der Waals surface area contributed by atoms with Crippen molar-refractivity contribution in [2.45, 2.75) is 19.3 Å². The van der Waals surface area contributed by atoms with Crippen molar-refractivity contribution in [2.75, 3.05) is 6.61 Å². The Morgan fingerprint density at radius 2 is 1.88 bits per heavy atom. The summed E-state index contributed by atoms with van der Waals surface area (Å²) >= 11 is 0. The van der Waals surface area contributed by atoms with Gasteiger partial charge in [-0.05, 0) is 36.3 Å². The Morgan fingerprint density at radius 3 is 2.62 bits per heavy atom. The van der Waals surface area contributed by atoms with Crippen molar-refractivity contribution >= 4 is 10.8 Å². The maximum absolute atomic E-state index is 11.6. The second-order valence-corrected chi connectivity index (χ2v) is 3.87. The quantitative estimate of drug-likeness (QED) is 0.768. The highest BCUT2D eigenvalue weighted by Crippen LogP contribution is 2.16. The van der Waals surface area contributed by atoms with Crippen LogP contribution in [0.2, 0.25) is 0 Å².